The Labute approximate surface area is 160 Å². The number of hydrogen-bond donors (Lipinski definition) is 0. The summed E-state index contributed by atoms with van der Waals surface area (Å²) >= 11 is 0. The molecule has 2 aliphatic heterocycles. The number of nitrogens with zero attached hydrogens (tertiary/aromatic N) is 6. The fraction of sp³-hybridized carbons (Fsp3) is 0.579. The van der Waals surface area contributed by atoms with Gasteiger partial charge in [-0.2, -0.15) is 15.2 Å². The molecule has 1 saturated heterocycles. The lowest BCUT2D eigenvalue weighted by Crippen LogP contribution is -2.59. The molecule has 144 valence electrons. The summed E-state index contributed by atoms with van der Waals surface area (Å²) in [5, 5.41) is 9.23. The third kappa shape index (κ3) is 3.74. The Morgan fingerprint density at radius 1 is 1.44 bits per heavy atom. The maximum Gasteiger partial charge on any atom is 0.318 e. The number of ether oxygens (including phenoxy) is 1. The van der Waals surface area contributed by atoms with E-state index in [9.17, 15) is 10.1 Å². The minimum absolute atomic E-state index is 0.0622. The molecule has 3 heterocycles. The van der Waals surface area contributed by atoms with E-state index >= 15 is 0 Å². The summed E-state index contributed by atoms with van der Waals surface area (Å²) in [5.74, 6) is 0.733. The van der Waals surface area contributed by atoms with E-state index < -0.39 is 0 Å². The highest BCUT2D eigenvalue weighted by atomic mass is 16.5. The second-order valence-corrected chi connectivity index (χ2v) is 7.16. The van der Waals surface area contributed by atoms with Crippen molar-refractivity contribution in [1.82, 2.24) is 19.8 Å². The number of fused-ring (bicyclic) bond motifs is 1. The fourth-order valence-corrected chi connectivity index (χ4v) is 3.85. The van der Waals surface area contributed by atoms with Crippen molar-refractivity contribution in [3.8, 4) is 12.1 Å². The highest BCUT2D eigenvalue weighted by Crippen LogP contribution is 2.31. The number of likely N-dealkylation sites (N-methyl/N-ethyl adjacent to an activating group) is 1. The SMILES string of the molecule is C=CC(=O)N1C[C@H](C)N(c2nc(OC)nc3c2CCN(C)C3)C[C@@H]1CC#N. The minimum Gasteiger partial charge on any atom is -0.467 e. The molecule has 1 amide bonds. The van der Waals surface area contributed by atoms with Gasteiger partial charge in [-0.3, -0.25) is 4.79 Å². The van der Waals surface area contributed by atoms with Crippen LogP contribution in [0.4, 0.5) is 5.82 Å². The van der Waals surface area contributed by atoms with Crippen LogP contribution in [0.1, 0.15) is 24.6 Å². The summed E-state index contributed by atoms with van der Waals surface area (Å²) < 4.78 is 5.34. The monoisotopic (exact) mass is 370 g/mol. The van der Waals surface area contributed by atoms with E-state index in [0.717, 1.165) is 36.6 Å². The van der Waals surface area contributed by atoms with Crippen LogP contribution in [-0.4, -0.2) is 71.6 Å². The summed E-state index contributed by atoms with van der Waals surface area (Å²) in [7, 11) is 3.64. The van der Waals surface area contributed by atoms with Crippen molar-refractivity contribution in [2.24, 2.45) is 0 Å². The molecule has 2 atom stereocenters. The maximum atomic E-state index is 12.2. The zero-order chi connectivity index (χ0) is 19.6. The summed E-state index contributed by atoms with van der Waals surface area (Å²) in [4.78, 5) is 27.6. The quantitative estimate of drug-likeness (QED) is 0.730. The van der Waals surface area contributed by atoms with Crippen molar-refractivity contribution in [3.63, 3.8) is 0 Å². The van der Waals surface area contributed by atoms with Crippen LogP contribution in [0, 0.1) is 11.3 Å². The molecule has 1 fully saturated rings. The van der Waals surface area contributed by atoms with Gasteiger partial charge in [0.05, 0.1) is 31.3 Å². The molecule has 0 N–H and O–H groups in total. The number of anilines is 1. The predicted octanol–water partition coefficient (Wildman–Crippen LogP) is 0.978. The topological polar surface area (TPSA) is 85.6 Å². The number of carbonyl (C=O) groups is 1. The van der Waals surface area contributed by atoms with Crippen LogP contribution in [0.3, 0.4) is 0 Å². The molecule has 0 aromatic carbocycles. The first-order valence-corrected chi connectivity index (χ1v) is 9.17. The van der Waals surface area contributed by atoms with Crippen molar-refractivity contribution in [2.75, 3.05) is 38.7 Å². The van der Waals surface area contributed by atoms with Crippen LogP contribution in [0.2, 0.25) is 0 Å². The van der Waals surface area contributed by atoms with Gasteiger partial charge in [-0.05, 0) is 26.5 Å². The zero-order valence-electron chi connectivity index (χ0n) is 16.2. The average molecular weight is 370 g/mol. The smallest absolute Gasteiger partial charge is 0.318 e. The molecule has 27 heavy (non-hydrogen) atoms. The predicted molar refractivity (Wildman–Crippen MR) is 101 cm³/mol. The van der Waals surface area contributed by atoms with Gasteiger partial charge in [-0.1, -0.05) is 6.58 Å². The molecule has 8 nitrogen and oxygen atoms in total. The molecule has 1 aromatic heterocycles. The van der Waals surface area contributed by atoms with E-state index in [-0.39, 0.29) is 24.4 Å². The van der Waals surface area contributed by atoms with Gasteiger partial charge in [0.25, 0.3) is 0 Å². The van der Waals surface area contributed by atoms with Crippen molar-refractivity contribution in [1.29, 1.82) is 5.26 Å². The highest BCUT2D eigenvalue weighted by Gasteiger charge is 2.36. The van der Waals surface area contributed by atoms with E-state index in [0.29, 0.717) is 19.1 Å². The molecule has 3 rings (SSSR count). The summed E-state index contributed by atoms with van der Waals surface area (Å²) in [6.45, 7) is 8.44. The van der Waals surface area contributed by atoms with E-state index in [1.165, 1.54) is 6.08 Å². The molecule has 2 aliphatic rings. The largest absolute Gasteiger partial charge is 0.467 e. The Kier molecular flexibility index (Phi) is 5.61. The molecule has 1 aromatic rings. The summed E-state index contributed by atoms with van der Waals surface area (Å²) in [6.07, 6.45) is 2.46. The van der Waals surface area contributed by atoms with Gasteiger partial charge in [-0.15, -0.1) is 0 Å². The number of hydrogen-bond acceptors (Lipinski definition) is 7. The highest BCUT2D eigenvalue weighted by molar-refractivity contribution is 5.87. The number of piperazine rings is 1. The Morgan fingerprint density at radius 2 is 2.22 bits per heavy atom. The Bertz CT molecular complexity index is 774. The lowest BCUT2D eigenvalue weighted by atomic mass is 10.0. The van der Waals surface area contributed by atoms with Gasteiger partial charge >= 0.3 is 6.01 Å². The van der Waals surface area contributed by atoms with Crippen LogP contribution in [0.15, 0.2) is 12.7 Å². The summed E-state index contributed by atoms with van der Waals surface area (Å²) in [6, 6.07) is 2.43. The molecule has 0 bridgehead atoms. The second kappa shape index (κ2) is 7.92. The van der Waals surface area contributed by atoms with E-state index in [2.05, 4.69) is 46.4 Å². The van der Waals surface area contributed by atoms with Gasteiger partial charge in [-0.25, -0.2) is 0 Å². The normalized spacial score (nSPS) is 22.7. The van der Waals surface area contributed by atoms with Gasteiger partial charge < -0.3 is 19.4 Å². The first kappa shape index (κ1) is 19.1. The molecular weight excluding hydrogens is 344 g/mol. The standard InChI is InChI=1S/C19H26N6O2/c1-5-17(26)25-10-13(2)24(11-14(25)6-8-20)18-15-7-9-23(3)12-16(15)21-19(22-18)27-4/h5,13-14H,1,6-7,9-12H2,2-4H3/t13-,14-/m0/s1. The molecule has 0 spiro atoms. The number of rotatable bonds is 4. The van der Waals surface area contributed by atoms with Gasteiger partial charge in [0.2, 0.25) is 5.91 Å². The lowest BCUT2D eigenvalue weighted by molar-refractivity contribution is -0.129. The van der Waals surface area contributed by atoms with Crippen molar-refractivity contribution >= 4 is 11.7 Å². The Balaban J connectivity index is 1.98. The third-order valence-electron chi connectivity index (χ3n) is 5.29. The first-order valence-electron chi connectivity index (χ1n) is 9.17. The number of carbonyl (C=O) groups excluding carboxylic acids is 1. The molecule has 0 radical (unpaired) electrons. The van der Waals surface area contributed by atoms with Crippen LogP contribution in [-0.2, 0) is 17.8 Å². The first-order chi connectivity index (χ1) is 13.0. The number of methoxy groups -OCH3 is 1. The average Bonchev–Trinajstić information content (AvgIpc) is 2.67. The molecule has 8 heteroatoms. The molecule has 0 unspecified atom stereocenters. The van der Waals surface area contributed by atoms with Crippen LogP contribution >= 0.6 is 0 Å². The number of nitriles is 1. The summed E-state index contributed by atoms with van der Waals surface area (Å²) in [5.41, 5.74) is 2.12. The van der Waals surface area contributed by atoms with E-state index in [4.69, 9.17) is 4.74 Å². The number of aromatic nitrogens is 2. The van der Waals surface area contributed by atoms with Crippen molar-refractivity contribution in [3.05, 3.63) is 23.9 Å². The Morgan fingerprint density at radius 3 is 2.89 bits per heavy atom. The van der Waals surface area contributed by atoms with Gasteiger partial charge in [0, 0.05) is 37.8 Å². The van der Waals surface area contributed by atoms with Crippen molar-refractivity contribution in [2.45, 2.75) is 38.4 Å². The zero-order valence-corrected chi connectivity index (χ0v) is 16.2. The third-order valence-corrected chi connectivity index (χ3v) is 5.29. The minimum atomic E-state index is -0.195. The second-order valence-electron chi connectivity index (χ2n) is 7.16. The Hall–Kier alpha value is -2.66. The van der Waals surface area contributed by atoms with Crippen LogP contribution in [0.5, 0.6) is 6.01 Å². The molecular formula is C19H26N6O2. The van der Waals surface area contributed by atoms with Gasteiger partial charge in [0.15, 0.2) is 0 Å². The van der Waals surface area contributed by atoms with Crippen LogP contribution in [0.25, 0.3) is 0 Å². The number of amides is 1. The molecule has 0 aliphatic carbocycles. The molecule has 0 saturated carbocycles. The van der Waals surface area contributed by atoms with Crippen LogP contribution < -0.4 is 9.64 Å². The van der Waals surface area contributed by atoms with E-state index in [1.54, 1.807) is 12.0 Å². The fourth-order valence-electron chi connectivity index (χ4n) is 3.85. The lowest BCUT2D eigenvalue weighted by Gasteiger charge is -2.45. The maximum absolute atomic E-state index is 12.2. The van der Waals surface area contributed by atoms with Gasteiger partial charge in [0.1, 0.15) is 5.82 Å². The van der Waals surface area contributed by atoms with E-state index in [1.807, 2.05) is 0 Å². The van der Waals surface area contributed by atoms with Crippen molar-refractivity contribution < 1.29 is 9.53 Å².